The van der Waals surface area contributed by atoms with Crippen LogP contribution in [-0.4, -0.2) is 46.7 Å². The van der Waals surface area contributed by atoms with Gasteiger partial charge in [0, 0.05) is 25.7 Å². The van der Waals surface area contributed by atoms with Gasteiger partial charge in [0.1, 0.15) is 5.52 Å². The summed E-state index contributed by atoms with van der Waals surface area (Å²) in [6.45, 7) is 7.02. The van der Waals surface area contributed by atoms with Crippen LogP contribution in [0.25, 0.3) is 11.0 Å². The van der Waals surface area contributed by atoms with E-state index in [4.69, 9.17) is 0 Å². The van der Waals surface area contributed by atoms with Crippen molar-refractivity contribution in [2.45, 2.75) is 51.1 Å². The number of aromatic nitrogens is 3. The van der Waals surface area contributed by atoms with Crippen LogP contribution in [0.1, 0.15) is 43.9 Å². The maximum atomic E-state index is 13.3. The molecule has 0 aliphatic carbocycles. The van der Waals surface area contributed by atoms with E-state index in [9.17, 15) is 13.2 Å². The molecule has 4 rings (SSSR count). The molecule has 1 N–H and O–H groups in total. The number of aryl methyl sites for hydroxylation is 1. The number of sulfonamides is 1. The number of carbonyl (C=O) groups is 1. The third-order valence-electron chi connectivity index (χ3n) is 6.04. The molecule has 9 heteroatoms. The number of amides is 1. The lowest BCUT2D eigenvalue weighted by molar-refractivity contribution is -0.126. The Morgan fingerprint density at radius 3 is 2.75 bits per heavy atom. The summed E-state index contributed by atoms with van der Waals surface area (Å²) in [5, 5.41) is 11.2. The lowest BCUT2D eigenvalue weighted by Crippen LogP contribution is -2.45. The Hall–Kier alpha value is -2.78. The van der Waals surface area contributed by atoms with Crippen molar-refractivity contribution in [3.63, 3.8) is 0 Å². The average molecular weight is 456 g/mol. The van der Waals surface area contributed by atoms with Crippen LogP contribution in [0.2, 0.25) is 0 Å². The van der Waals surface area contributed by atoms with Crippen LogP contribution in [0.3, 0.4) is 0 Å². The molecule has 0 spiro atoms. The molecule has 1 fully saturated rings. The van der Waals surface area contributed by atoms with E-state index in [1.165, 1.54) is 4.31 Å². The van der Waals surface area contributed by atoms with Gasteiger partial charge < -0.3 is 5.32 Å². The zero-order valence-corrected chi connectivity index (χ0v) is 19.5. The largest absolute Gasteiger partial charge is 0.352 e. The van der Waals surface area contributed by atoms with Crippen LogP contribution < -0.4 is 5.32 Å². The van der Waals surface area contributed by atoms with Crippen molar-refractivity contribution in [1.29, 1.82) is 0 Å². The van der Waals surface area contributed by atoms with Crippen molar-refractivity contribution < 1.29 is 13.2 Å². The summed E-state index contributed by atoms with van der Waals surface area (Å²) in [6.07, 6.45) is 1.32. The lowest BCUT2D eigenvalue weighted by Gasteiger charge is -2.31. The molecule has 1 aliphatic heterocycles. The number of carbonyl (C=O) groups excluding carboxylic acids is 1. The summed E-state index contributed by atoms with van der Waals surface area (Å²) in [5.74, 6) is -0.475. The quantitative estimate of drug-likeness (QED) is 0.616. The molecule has 0 unspecified atom stereocenters. The van der Waals surface area contributed by atoms with Gasteiger partial charge >= 0.3 is 0 Å². The third-order valence-corrected chi connectivity index (χ3v) is 7.90. The van der Waals surface area contributed by atoms with Gasteiger partial charge in [0.05, 0.1) is 16.3 Å². The maximum Gasteiger partial charge on any atom is 0.243 e. The van der Waals surface area contributed by atoms with Gasteiger partial charge in [-0.15, -0.1) is 5.10 Å². The molecular formula is C23H29N5O3S. The van der Waals surface area contributed by atoms with E-state index < -0.39 is 10.0 Å². The van der Waals surface area contributed by atoms with Gasteiger partial charge in [-0.1, -0.05) is 29.5 Å². The van der Waals surface area contributed by atoms with Crippen molar-refractivity contribution in [2.75, 3.05) is 13.1 Å². The van der Waals surface area contributed by atoms with Gasteiger partial charge in [-0.3, -0.25) is 4.79 Å². The van der Waals surface area contributed by atoms with Gasteiger partial charge in [-0.05, 0) is 62.9 Å². The van der Waals surface area contributed by atoms with Crippen LogP contribution in [0.15, 0.2) is 47.4 Å². The predicted octanol–water partition coefficient (Wildman–Crippen LogP) is 3.04. The molecule has 8 nitrogen and oxygen atoms in total. The van der Waals surface area contributed by atoms with Gasteiger partial charge in [0.15, 0.2) is 0 Å². The van der Waals surface area contributed by atoms with Crippen molar-refractivity contribution in [1.82, 2.24) is 24.6 Å². The minimum Gasteiger partial charge on any atom is -0.352 e. The lowest BCUT2D eigenvalue weighted by atomic mass is 9.98. The summed E-state index contributed by atoms with van der Waals surface area (Å²) in [6, 6.07) is 12.9. The average Bonchev–Trinajstić information content (AvgIpc) is 3.22. The highest BCUT2D eigenvalue weighted by atomic mass is 32.2. The van der Waals surface area contributed by atoms with Crippen LogP contribution in [0, 0.1) is 12.8 Å². The molecule has 170 valence electrons. The summed E-state index contributed by atoms with van der Waals surface area (Å²) in [5.41, 5.74) is 3.52. The van der Waals surface area contributed by atoms with Gasteiger partial charge in [0.25, 0.3) is 0 Å². The van der Waals surface area contributed by atoms with Crippen molar-refractivity contribution in [3.05, 3.63) is 53.6 Å². The number of hydrogen-bond acceptors (Lipinski definition) is 5. The van der Waals surface area contributed by atoms with Crippen molar-refractivity contribution >= 4 is 27.0 Å². The fraction of sp³-hybridized carbons (Fsp3) is 0.435. The third kappa shape index (κ3) is 4.40. The molecule has 2 aromatic carbocycles. The second-order valence-electron chi connectivity index (χ2n) is 8.62. The van der Waals surface area contributed by atoms with E-state index in [2.05, 4.69) is 15.6 Å². The molecular weight excluding hydrogens is 426 g/mol. The molecule has 0 saturated carbocycles. The minimum atomic E-state index is -3.73. The first-order chi connectivity index (χ1) is 15.3. The molecule has 1 aliphatic rings. The Morgan fingerprint density at radius 2 is 2.00 bits per heavy atom. The molecule has 0 radical (unpaired) electrons. The van der Waals surface area contributed by atoms with Crippen molar-refractivity contribution in [3.8, 4) is 0 Å². The van der Waals surface area contributed by atoms with E-state index in [0.29, 0.717) is 31.4 Å². The second kappa shape index (κ2) is 8.99. The first-order valence-corrected chi connectivity index (χ1v) is 12.4. The Kier molecular flexibility index (Phi) is 6.30. The highest BCUT2D eigenvalue weighted by Crippen LogP contribution is 2.26. The molecule has 2 heterocycles. The van der Waals surface area contributed by atoms with Gasteiger partial charge in [-0.2, -0.15) is 4.31 Å². The smallest absolute Gasteiger partial charge is 0.243 e. The van der Waals surface area contributed by atoms with Crippen LogP contribution in [0.5, 0.6) is 0 Å². The maximum absolute atomic E-state index is 13.3. The molecule has 1 saturated heterocycles. The number of rotatable bonds is 6. The molecule has 0 bridgehead atoms. The fourth-order valence-electron chi connectivity index (χ4n) is 4.12. The van der Waals surface area contributed by atoms with E-state index in [1.807, 2.05) is 45.0 Å². The van der Waals surface area contributed by atoms with E-state index >= 15 is 0 Å². The second-order valence-corrected chi connectivity index (χ2v) is 10.6. The number of fused-ring (bicyclic) bond motifs is 1. The summed E-state index contributed by atoms with van der Waals surface area (Å²) in [7, 11) is -3.73. The Morgan fingerprint density at radius 1 is 1.22 bits per heavy atom. The highest BCUT2D eigenvalue weighted by Gasteiger charge is 2.33. The summed E-state index contributed by atoms with van der Waals surface area (Å²) < 4.78 is 29.8. The monoisotopic (exact) mass is 455 g/mol. The Bertz CT molecular complexity index is 1240. The number of benzene rings is 2. The number of nitrogens with zero attached hydrogens (tertiary/aromatic N) is 4. The van der Waals surface area contributed by atoms with Crippen LogP contribution in [-0.2, 0) is 21.4 Å². The van der Waals surface area contributed by atoms with Gasteiger partial charge in [-0.25, -0.2) is 13.1 Å². The number of piperidine rings is 1. The van der Waals surface area contributed by atoms with Crippen molar-refractivity contribution in [2.24, 2.45) is 5.92 Å². The molecule has 32 heavy (non-hydrogen) atoms. The summed E-state index contributed by atoms with van der Waals surface area (Å²) >= 11 is 0. The zero-order valence-electron chi connectivity index (χ0n) is 18.7. The normalized spacial score (nSPS) is 17.7. The van der Waals surface area contributed by atoms with Gasteiger partial charge in [0.2, 0.25) is 15.9 Å². The van der Waals surface area contributed by atoms with E-state index in [0.717, 1.165) is 16.6 Å². The Labute approximate surface area is 188 Å². The predicted molar refractivity (Wildman–Crippen MR) is 122 cm³/mol. The fourth-order valence-corrected chi connectivity index (χ4v) is 5.67. The number of hydrogen-bond donors (Lipinski definition) is 1. The zero-order chi connectivity index (χ0) is 22.9. The van der Waals surface area contributed by atoms with Crippen LogP contribution in [0.4, 0.5) is 0 Å². The minimum absolute atomic E-state index is 0.108. The standard InChI is InChI=1S/C23H29N5O3S/c1-16(2)28-22-11-10-20(13-21(22)25-26-28)32(30,31)27-12-6-9-19(15-27)23(29)24-14-18-8-5-4-7-17(18)3/h4-5,7-8,10-11,13,16,19H,6,9,12,14-15H2,1-3H3,(H,24,29)/t19-/m0/s1. The topological polar surface area (TPSA) is 97.2 Å². The molecule has 1 atom stereocenters. The molecule has 3 aromatic rings. The molecule has 1 amide bonds. The van der Waals surface area contributed by atoms with Crippen LogP contribution >= 0.6 is 0 Å². The summed E-state index contributed by atoms with van der Waals surface area (Å²) in [4.78, 5) is 13.0. The first kappa shape index (κ1) is 22.4. The SMILES string of the molecule is Cc1ccccc1CNC(=O)[C@H]1CCCN(S(=O)(=O)c2ccc3c(c2)nnn3C(C)C)C1. The molecule has 1 aromatic heterocycles. The van der Waals surface area contributed by atoms with E-state index in [-0.39, 0.29) is 29.3 Å². The van der Waals surface area contributed by atoms with E-state index in [1.54, 1.807) is 22.9 Å². The first-order valence-electron chi connectivity index (χ1n) is 10.9. The highest BCUT2D eigenvalue weighted by molar-refractivity contribution is 7.89. The number of nitrogens with one attached hydrogen (secondary N) is 1. The Balaban J connectivity index is 1.47.